The van der Waals surface area contributed by atoms with Gasteiger partial charge in [0.05, 0.1) is 6.61 Å². The highest BCUT2D eigenvalue weighted by molar-refractivity contribution is 14.0. The number of anilines is 1. The van der Waals surface area contributed by atoms with Gasteiger partial charge in [-0.1, -0.05) is 6.07 Å². The predicted octanol–water partition coefficient (Wildman–Crippen LogP) is 1.81. The van der Waals surface area contributed by atoms with E-state index in [1.165, 1.54) is 5.56 Å². The van der Waals surface area contributed by atoms with Gasteiger partial charge in [-0.3, -0.25) is 4.99 Å². The van der Waals surface area contributed by atoms with Gasteiger partial charge in [-0.25, -0.2) is 4.98 Å². The first kappa shape index (κ1) is 20.0. The molecule has 0 aromatic carbocycles. The van der Waals surface area contributed by atoms with Crippen LogP contribution in [0.2, 0.25) is 0 Å². The number of likely N-dealkylation sites (tertiary alicyclic amines) is 1. The van der Waals surface area contributed by atoms with E-state index in [0.717, 1.165) is 44.4 Å². The minimum absolute atomic E-state index is 0. The monoisotopic (exact) mass is 433 g/mol. The van der Waals surface area contributed by atoms with Gasteiger partial charge in [0.15, 0.2) is 5.96 Å². The predicted molar refractivity (Wildman–Crippen MR) is 106 cm³/mol. The maximum Gasteiger partial charge on any atom is 0.193 e. The van der Waals surface area contributed by atoms with E-state index in [4.69, 9.17) is 4.74 Å². The molecule has 0 aliphatic carbocycles. The van der Waals surface area contributed by atoms with Crippen molar-refractivity contribution in [1.29, 1.82) is 0 Å². The van der Waals surface area contributed by atoms with Gasteiger partial charge in [0.25, 0.3) is 0 Å². The molecule has 0 spiro atoms. The molecule has 2 rings (SSSR count). The molecule has 6 nitrogen and oxygen atoms in total. The van der Waals surface area contributed by atoms with Crippen molar-refractivity contribution in [3.63, 3.8) is 0 Å². The molecule has 0 saturated carbocycles. The largest absolute Gasteiger partial charge is 0.384 e. The van der Waals surface area contributed by atoms with Crippen LogP contribution >= 0.6 is 24.0 Å². The molecule has 0 radical (unpaired) electrons. The van der Waals surface area contributed by atoms with Crippen LogP contribution in [0.3, 0.4) is 0 Å². The van der Waals surface area contributed by atoms with Crippen LogP contribution in [0.15, 0.2) is 23.3 Å². The van der Waals surface area contributed by atoms with Crippen LogP contribution < -0.4 is 10.2 Å². The van der Waals surface area contributed by atoms with Crippen LogP contribution in [0.25, 0.3) is 0 Å². The quantitative estimate of drug-likeness (QED) is 0.436. The highest BCUT2D eigenvalue weighted by Crippen LogP contribution is 2.17. The molecular formula is C16H28IN5O. The number of rotatable bonds is 5. The number of ether oxygens (including phenoxy) is 1. The van der Waals surface area contributed by atoms with Crippen molar-refractivity contribution in [2.45, 2.75) is 13.0 Å². The lowest BCUT2D eigenvalue weighted by atomic mass is 10.1. The number of hydrogen-bond acceptors (Lipinski definition) is 4. The fraction of sp³-hybridized carbons (Fsp3) is 0.625. The molecular weight excluding hydrogens is 405 g/mol. The lowest BCUT2D eigenvalue weighted by Crippen LogP contribution is -2.40. The highest BCUT2D eigenvalue weighted by Gasteiger charge is 2.24. The number of hydrogen-bond donors (Lipinski definition) is 1. The van der Waals surface area contributed by atoms with Crippen LogP contribution in [-0.4, -0.2) is 63.8 Å². The first-order valence-electron chi connectivity index (χ1n) is 7.71. The summed E-state index contributed by atoms with van der Waals surface area (Å²) in [5.41, 5.74) is 1.17. The van der Waals surface area contributed by atoms with Crippen LogP contribution in [0.4, 0.5) is 5.82 Å². The molecule has 1 saturated heterocycles. The van der Waals surface area contributed by atoms with E-state index in [-0.39, 0.29) is 24.0 Å². The fourth-order valence-corrected chi connectivity index (χ4v) is 2.87. The Labute approximate surface area is 156 Å². The Balaban J connectivity index is 0.00000264. The van der Waals surface area contributed by atoms with Crippen molar-refractivity contribution >= 4 is 35.8 Å². The van der Waals surface area contributed by atoms with Crippen molar-refractivity contribution in [2.75, 3.05) is 52.8 Å². The lowest BCUT2D eigenvalue weighted by Gasteiger charge is -2.23. The van der Waals surface area contributed by atoms with Crippen molar-refractivity contribution in [3.8, 4) is 0 Å². The summed E-state index contributed by atoms with van der Waals surface area (Å²) < 4.78 is 5.26. The number of aromatic nitrogens is 1. The van der Waals surface area contributed by atoms with E-state index in [1.54, 1.807) is 7.11 Å². The third-order valence-electron chi connectivity index (χ3n) is 3.93. The van der Waals surface area contributed by atoms with Crippen molar-refractivity contribution < 1.29 is 4.74 Å². The van der Waals surface area contributed by atoms with E-state index in [9.17, 15) is 0 Å². The second kappa shape index (κ2) is 9.92. The number of nitrogens with one attached hydrogen (secondary N) is 1. The Morgan fingerprint density at radius 2 is 2.30 bits per heavy atom. The summed E-state index contributed by atoms with van der Waals surface area (Å²) in [6, 6.07) is 4.07. The summed E-state index contributed by atoms with van der Waals surface area (Å²) in [6.07, 6.45) is 2.98. The summed E-state index contributed by atoms with van der Waals surface area (Å²) in [6.45, 7) is 3.57. The molecule has 0 bridgehead atoms. The van der Waals surface area contributed by atoms with Gasteiger partial charge >= 0.3 is 0 Å². The highest BCUT2D eigenvalue weighted by atomic mass is 127. The SMILES string of the molecule is CN=C(NCc1cccnc1N(C)C)N1CCC(COC)C1.I. The lowest BCUT2D eigenvalue weighted by molar-refractivity contribution is 0.157. The van der Waals surface area contributed by atoms with Gasteiger partial charge in [0, 0.05) is 65.6 Å². The topological polar surface area (TPSA) is 53.0 Å². The first-order valence-corrected chi connectivity index (χ1v) is 7.71. The van der Waals surface area contributed by atoms with E-state index >= 15 is 0 Å². The number of halogens is 1. The van der Waals surface area contributed by atoms with Gasteiger partial charge in [0.1, 0.15) is 5.82 Å². The second-order valence-electron chi connectivity index (χ2n) is 5.84. The molecule has 1 N–H and O–H groups in total. The average Bonchev–Trinajstić information content (AvgIpc) is 2.97. The third kappa shape index (κ3) is 5.49. The van der Waals surface area contributed by atoms with Crippen molar-refractivity contribution in [2.24, 2.45) is 10.9 Å². The van der Waals surface area contributed by atoms with E-state index in [2.05, 4.69) is 26.3 Å². The van der Waals surface area contributed by atoms with Crippen molar-refractivity contribution in [1.82, 2.24) is 15.2 Å². The molecule has 1 aliphatic heterocycles. The third-order valence-corrected chi connectivity index (χ3v) is 3.93. The Kier molecular flexibility index (Phi) is 8.60. The molecule has 1 aromatic rings. The van der Waals surface area contributed by atoms with Gasteiger partial charge in [-0.2, -0.15) is 0 Å². The van der Waals surface area contributed by atoms with E-state index in [1.807, 2.05) is 38.3 Å². The van der Waals surface area contributed by atoms with Crippen LogP contribution in [0.5, 0.6) is 0 Å². The minimum atomic E-state index is 0. The number of guanidine groups is 1. The van der Waals surface area contributed by atoms with Crippen molar-refractivity contribution in [3.05, 3.63) is 23.9 Å². The summed E-state index contributed by atoms with van der Waals surface area (Å²) >= 11 is 0. The fourth-order valence-electron chi connectivity index (χ4n) is 2.87. The number of pyridine rings is 1. The molecule has 7 heteroatoms. The van der Waals surface area contributed by atoms with Gasteiger partial charge < -0.3 is 19.9 Å². The Morgan fingerprint density at radius 1 is 1.52 bits per heavy atom. The van der Waals surface area contributed by atoms with E-state index in [0.29, 0.717) is 5.92 Å². The van der Waals surface area contributed by atoms with Crippen LogP contribution in [-0.2, 0) is 11.3 Å². The molecule has 1 fully saturated rings. The summed E-state index contributed by atoms with van der Waals surface area (Å²) in [7, 11) is 7.62. The smallest absolute Gasteiger partial charge is 0.193 e. The van der Waals surface area contributed by atoms with Crippen LogP contribution in [0.1, 0.15) is 12.0 Å². The Bertz CT molecular complexity index is 509. The molecule has 2 heterocycles. The van der Waals surface area contributed by atoms with Gasteiger partial charge in [-0.05, 0) is 12.5 Å². The zero-order valence-corrected chi connectivity index (χ0v) is 16.8. The first-order chi connectivity index (χ1) is 10.7. The standard InChI is InChI=1S/C16H27N5O.HI/c1-17-16(21-9-7-13(11-21)12-22-4)19-10-14-6-5-8-18-15(14)20(2)3;/h5-6,8,13H,7,9-12H2,1-4H3,(H,17,19);1H. The molecule has 1 unspecified atom stereocenters. The maximum absolute atomic E-state index is 5.26. The molecule has 130 valence electrons. The Hall–Kier alpha value is -1.09. The van der Waals surface area contributed by atoms with E-state index < -0.39 is 0 Å². The summed E-state index contributed by atoms with van der Waals surface area (Å²) in [5, 5.41) is 3.45. The second-order valence-corrected chi connectivity index (χ2v) is 5.84. The summed E-state index contributed by atoms with van der Waals surface area (Å²) in [5.74, 6) is 2.54. The number of nitrogens with zero attached hydrogens (tertiary/aromatic N) is 4. The average molecular weight is 433 g/mol. The zero-order chi connectivity index (χ0) is 15.9. The summed E-state index contributed by atoms with van der Waals surface area (Å²) in [4.78, 5) is 13.2. The van der Waals surface area contributed by atoms with Gasteiger partial charge in [-0.15, -0.1) is 24.0 Å². The molecule has 1 atom stereocenters. The van der Waals surface area contributed by atoms with Crippen LogP contribution in [0, 0.1) is 5.92 Å². The minimum Gasteiger partial charge on any atom is -0.384 e. The molecule has 1 aliphatic rings. The van der Waals surface area contributed by atoms with Gasteiger partial charge in [0.2, 0.25) is 0 Å². The Morgan fingerprint density at radius 3 is 2.96 bits per heavy atom. The zero-order valence-electron chi connectivity index (χ0n) is 14.5. The molecule has 1 aromatic heterocycles. The maximum atomic E-state index is 5.26. The normalized spacial score (nSPS) is 17.8. The number of aliphatic imine (C=N–C) groups is 1. The molecule has 23 heavy (non-hydrogen) atoms. The number of methoxy groups -OCH3 is 1. The molecule has 0 amide bonds.